The minimum atomic E-state index is -0.0158. The van der Waals surface area contributed by atoms with Crippen molar-refractivity contribution in [2.75, 3.05) is 12.3 Å². The first-order chi connectivity index (χ1) is 9.36. The summed E-state index contributed by atoms with van der Waals surface area (Å²) in [7, 11) is 0.256. The number of fused-ring (bicyclic) bond motifs is 2. The SMILES string of the molecule is CCP1CC2=CC[C]([Ti+2][CH]3C=Cc4ccccc43)=C21.[Cl-].[Cl-]. The van der Waals surface area contributed by atoms with Gasteiger partial charge in [0.25, 0.3) is 0 Å². The first-order valence-corrected chi connectivity index (χ1v) is 10.5. The van der Waals surface area contributed by atoms with Gasteiger partial charge in [0.05, 0.1) is 0 Å². The summed E-state index contributed by atoms with van der Waals surface area (Å²) >= 11 is -0.0158. The van der Waals surface area contributed by atoms with Crippen LogP contribution in [-0.4, -0.2) is 12.3 Å². The van der Waals surface area contributed by atoms with E-state index in [4.69, 9.17) is 0 Å². The van der Waals surface area contributed by atoms with Crippen molar-refractivity contribution in [2.24, 2.45) is 0 Å². The van der Waals surface area contributed by atoms with E-state index in [1.807, 2.05) is 9.19 Å². The summed E-state index contributed by atoms with van der Waals surface area (Å²) in [6.07, 6.45) is 11.4. The van der Waals surface area contributed by atoms with E-state index in [0.29, 0.717) is 0 Å². The first kappa shape index (κ1) is 17.5. The maximum absolute atomic E-state index is 2.52. The molecule has 108 valence electrons. The molecular formula is C17H17Cl2PTi. The van der Waals surface area contributed by atoms with Crippen molar-refractivity contribution >= 4 is 14.0 Å². The Bertz CT molecular complexity index is 633. The van der Waals surface area contributed by atoms with Crippen LogP contribution in [0.1, 0.15) is 28.7 Å². The number of benzene rings is 1. The molecule has 0 N–H and O–H groups in total. The van der Waals surface area contributed by atoms with Crippen LogP contribution in [0.3, 0.4) is 0 Å². The molecule has 1 aliphatic heterocycles. The predicted octanol–water partition coefficient (Wildman–Crippen LogP) is -1.10. The van der Waals surface area contributed by atoms with Gasteiger partial charge in [-0.25, -0.2) is 0 Å². The fourth-order valence-electron chi connectivity index (χ4n) is 3.30. The molecule has 1 fully saturated rings. The number of hydrogen-bond acceptors (Lipinski definition) is 0. The molecule has 3 aliphatic rings. The third kappa shape index (κ3) is 2.99. The molecule has 2 unspecified atom stereocenters. The van der Waals surface area contributed by atoms with Gasteiger partial charge in [-0.15, -0.1) is 0 Å². The Balaban J connectivity index is 0.000000807. The average molecular weight is 371 g/mol. The largest absolute Gasteiger partial charge is 1.00 e. The number of allylic oxidation sites excluding steroid dienone is 5. The minimum absolute atomic E-state index is 0. The molecule has 2 atom stereocenters. The molecule has 0 spiro atoms. The third-order valence-corrected chi connectivity index (χ3v) is 9.86. The molecule has 1 saturated heterocycles. The Morgan fingerprint density at radius 1 is 1.24 bits per heavy atom. The monoisotopic (exact) mass is 370 g/mol. The van der Waals surface area contributed by atoms with Gasteiger partial charge < -0.3 is 24.8 Å². The van der Waals surface area contributed by atoms with Crippen LogP contribution >= 0.6 is 7.92 Å². The van der Waals surface area contributed by atoms with Crippen LogP contribution in [0, 0.1) is 0 Å². The molecule has 0 amide bonds. The molecule has 0 bridgehead atoms. The quantitative estimate of drug-likeness (QED) is 0.468. The van der Waals surface area contributed by atoms with Gasteiger partial charge in [-0.05, 0) is 0 Å². The summed E-state index contributed by atoms with van der Waals surface area (Å²) in [6.45, 7) is 2.37. The summed E-state index contributed by atoms with van der Waals surface area (Å²) < 4.78 is 2.63. The Labute approximate surface area is 149 Å². The summed E-state index contributed by atoms with van der Waals surface area (Å²) in [5.74, 6) is 0. The van der Waals surface area contributed by atoms with E-state index in [1.54, 1.807) is 11.1 Å². The van der Waals surface area contributed by atoms with Crippen LogP contribution in [0.25, 0.3) is 6.08 Å². The fraction of sp³-hybridized carbons (Fsp3) is 0.294. The van der Waals surface area contributed by atoms with E-state index in [2.05, 4.69) is 49.4 Å². The summed E-state index contributed by atoms with van der Waals surface area (Å²) in [5.41, 5.74) is 4.77. The predicted molar refractivity (Wildman–Crippen MR) is 80.3 cm³/mol. The van der Waals surface area contributed by atoms with Crippen LogP contribution < -0.4 is 24.8 Å². The second-order valence-electron chi connectivity index (χ2n) is 5.38. The van der Waals surface area contributed by atoms with Crippen molar-refractivity contribution < 1.29 is 44.0 Å². The van der Waals surface area contributed by atoms with Crippen molar-refractivity contribution in [1.82, 2.24) is 0 Å². The van der Waals surface area contributed by atoms with Gasteiger partial charge in [0.15, 0.2) is 0 Å². The van der Waals surface area contributed by atoms with E-state index >= 15 is 0 Å². The van der Waals surface area contributed by atoms with Crippen molar-refractivity contribution in [3.63, 3.8) is 0 Å². The van der Waals surface area contributed by atoms with Gasteiger partial charge in [-0.1, -0.05) is 0 Å². The van der Waals surface area contributed by atoms with E-state index in [9.17, 15) is 0 Å². The van der Waals surface area contributed by atoms with Crippen LogP contribution in [-0.2, 0) is 19.2 Å². The molecular weight excluding hydrogens is 354 g/mol. The first-order valence-electron chi connectivity index (χ1n) is 7.08. The molecule has 1 heterocycles. The van der Waals surface area contributed by atoms with Crippen LogP contribution in [0.5, 0.6) is 0 Å². The number of halogens is 2. The van der Waals surface area contributed by atoms with Gasteiger partial charge in [-0.3, -0.25) is 0 Å². The van der Waals surface area contributed by atoms with Gasteiger partial charge in [0.1, 0.15) is 0 Å². The Morgan fingerprint density at radius 3 is 2.86 bits per heavy atom. The second kappa shape index (κ2) is 7.16. The standard InChI is InChI=1S/C9H7.C8H10P.2ClH.Ti/c1-2-5-9-7-3-6-8(9)4-1;1-2-9-6-7-4-3-5-8(7)9;;;/h1-7H;4H,2-3,6H2,1H3;2*1H;/q;;;;+2/p-2. The molecule has 21 heavy (non-hydrogen) atoms. The molecule has 4 heteroatoms. The van der Waals surface area contributed by atoms with Gasteiger partial charge in [0, 0.05) is 0 Å². The molecule has 0 radical (unpaired) electrons. The zero-order chi connectivity index (χ0) is 12.8. The zero-order valence-corrected chi connectivity index (χ0v) is 15.9. The van der Waals surface area contributed by atoms with E-state index in [1.165, 1.54) is 24.3 Å². The van der Waals surface area contributed by atoms with Crippen molar-refractivity contribution in [3.05, 3.63) is 62.3 Å². The maximum Gasteiger partial charge on any atom is -1.00 e. The molecule has 2 aliphatic carbocycles. The Kier molecular flexibility index (Phi) is 5.97. The van der Waals surface area contributed by atoms with Crippen LogP contribution in [0.15, 0.2) is 51.2 Å². The van der Waals surface area contributed by atoms with E-state index in [-0.39, 0.29) is 51.9 Å². The Morgan fingerprint density at radius 2 is 2.05 bits per heavy atom. The second-order valence-corrected chi connectivity index (χ2v) is 10.2. The van der Waals surface area contributed by atoms with Gasteiger partial charge in [-0.2, -0.15) is 0 Å². The molecule has 1 aromatic carbocycles. The van der Waals surface area contributed by atoms with E-state index < -0.39 is 0 Å². The third-order valence-electron chi connectivity index (χ3n) is 4.33. The number of rotatable bonds is 3. The minimum Gasteiger partial charge on any atom is -1.00 e. The summed E-state index contributed by atoms with van der Waals surface area (Å²) in [4.78, 5) is 0. The zero-order valence-electron chi connectivity index (χ0n) is 11.9. The van der Waals surface area contributed by atoms with Crippen molar-refractivity contribution in [3.8, 4) is 0 Å². The smallest absolute Gasteiger partial charge is 1.00 e. The van der Waals surface area contributed by atoms with Crippen molar-refractivity contribution in [2.45, 2.75) is 17.6 Å². The van der Waals surface area contributed by atoms with E-state index in [0.717, 1.165) is 4.22 Å². The fourth-order valence-corrected chi connectivity index (χ4v) is 8.83. The summed E-state index contributed by atoms with van der Waals surface area (Å²) in [6, 6.07) is 8.95. The number of hydrogen-bond donors (Lipinski definition) is 0. The average Bonchev–Trinajstić information content (AvgIpc) is 2.94. The Hall–Kier alpha value is 0.164. The molecule has 1 aromatic rings. The van der Waals surface area contributed by atoms with Crippen molar-refractivity contribution in [1.29, 1.82) is 0 Å². The van der Waals surface area contributed by atoms with Crippen LogP contribution in [0.2, 0.25) is 0 Å². The summed E-state index contributed by atoms with van der Waals surface area (Å²) in [5, 5.41) is 1.86. The van der Waals surface area contributed by atoms with Crippen LogP contribution in [0.4, 0.5) is 0 Å². The molecule has 0 saturated carbocycles. The van der Waals surface area contributed by atoms with Gasteiger partial charge >= 0.3 is 125 Å². The molecule has 4 rings (SSSR count). The maximum atomic E-state index is 2.52. The molecule has 0 aromatic heterocycles. The van der Waals surface area contributed by atoms with Gasteiger partial charge in [0.2, 0.25) is 0 Å². The molecule has 0 nitrogen and oxygen atoms in total. The topological polar surface area (TPSA) is 0 Å². The normalized spacial score (nSPS) is 24.1.